The van der Waals surface area contributed by atoms with Gasteiger partial charge in [0.15, 0.2) is 6.61 Å². The number of esters is 1. The van der Waals surface area contributed by atoms with E-state index in [-0.39, 0.29) is 11.5 Å². The number of methoxy groups -OCH3 is 1. The van der Waals surface area contributed by atoms with Gasteiger partial charge in [-0.15, -0.1) is 0 Å². The number of rotatable bonds is 6. The molecule has 2 aromatic carbocycles. The summed E-state index contributed by atoms with van der Waals surface area (Å²) in [6, 6.07) is 9.64. The van der Waals surface area contributed by atoms with Crippen LogP contribution < -0.4 is 15.4 Å². The molecule has 0 aliphatic carbocycles. The van der Waals surface area contributed by atoms with Crippen molar-refractivity contribution in [2.75, 3.05) is 24.4 Å². The van der Waals surface area contributed by atoms with E-state index in [1.807, 2.05) is 0 Å². The predicted molar refractivity (Wildman–Crippen MR) is 92.6 cm³/mol. The lowest BCUT2D eigenvalue weighted by Crippen LogP contribution is -2.21. The first-order valence-corrected chi connectivity index (χ1v) is 7.57. The van der Waals surface area contributed by atoms with E-state index in [9.17, 15) is 18.8 Å². The molecule has 0 heterocycles. The smallest absolute Gasteiger partial charge is 0.338 e. The van der Waals surface area contributed by atoms with Gasteiger partial charge in [-0.2, -0.15) is 0 Å². The summed E-state index contributed by atoms with van der Waals surface area (Å²) in [7, 11) is 1.42. The van der Waals surface area contributed by atoms with Gasteiger partial charge in [0.1, 0.15) is 11.6 Å². The number of anilines is 2. The van der Waals surface area contributed by atoms with E-state index in [1.54, 1.807) is 12.1 Å². The fourth-order valence-corrected chi connectivity index (χ4v) is 2.10. The van der Waals surface area contributed by atoms with Gasteiger partial charge in [-0.25, -0.2) is 9.18 Å². The molecule has 0 saturated carbocycles. The highest BCUT2D eigenvalue weighted by Crippen LogP contribution is 2.27. The Bertz CT molecular complexity index is 838. The maximum Gasteiger partial charge on any atom is 0.338 e. The van der Waals surface area contributed by atoms with Crippen LogP contribution in [0.4, 0.5) is 15.8 Å². The van der Waals surface area contributed by atoms with Gasteiger partial charge in [0.2, 0.25) is 5.91 Å². The second-order valence-electron chi connectivity index (χ2n) is 5.23. The van der Waals surface area contributed by atoms with Crippen molar-refractivity contribution in [2.24, 2.45) is 0 Å². The molecule has 2 rings (SSSR count). The van der Waals surface area contributed by atoms with Crippen LogP contribution in [0.15, 0.2) is 42.5 Å². The van der Waals surface area contributed by atoms with Crippen LogP contribution >= 0.6 is 0 Å². The summed E-state index contributed by atoms with van der Waals surface area (Å²) >= 11 is 0. The van der Waals surface area contributed by atoms with Gasteiger partial charge in [-0.05, 0) is 36.4 Å². The van der Waals surface area contributed by atoms with Gasteiger partial charge >= 0.3 is 5.97 Å². The number of nitrogens with one attached hydrogen (secondary N) is 2. The van der Waals surface area contributed by atoms with Crippen LogP contribution in [0.2, 0.25) is 0 Å². The summed E-state index contributed by atoms with van der Waals surface area (Å²) in [4.78, 5) is 34.9. The van der Waals surface area contributed by atoms with Gasteiger partial charge in [-0.1, -0.05) is 6.07 Å². The minimum Gasteiger partial charge on any atom is -0.495 e. The normalized spacial score (nSPS) is 9.96. The number of halogens is 1. The summed E-state index contributed by atoms with van der Waals surface area (Å²) in [5.41, 5.74) is 0.763. The highest BCUT2D eigenvalue weighted by Gasteiger charge is 2.13. The minimum absolute atomic E-state index is 0.00281. The zero-order valence-electron chi connectivity index (χ0n) is 14.2. The monoisotopic (exact) mass is 360 g/mol. The molecule has 26 heavy (non-hydrogen) atoms. The Balaban J connectivity index is 2.00. The summed E-state index contributed by atoms with van der Waals surface area (Å²) in [6.07, 6.45) is 0. The molecule has 0 saturated heterocycles. The van der Waals surface area contributed by atoms with Crippen LogP contribution in [-0.4, -0.2) is 31.5 Å². The second-order valence-corrected chi connectivity index (χ2v) is 5.23. The fourth-order valence-electron chi connectivity index (χ4n) is 2.10. The molecule has 0 aliphatic rings. The predicted octanol–water partition coefficient (Wildman–Crippen LogP) is 2.59. The van der Waals surface area contributed by atoms with E-state index in [1.165, 1.54) is 38.3 Å². The molecule has 0 spiro atoms. The first-order valence-electron chi connectivity index (χ1n) is 7.57. The van der Waals surface area contributed by atoms with Crippen molar-refractivity contribution in [3.8, 4) is 5.75 Å². The maximum atomic E-state index is 13.1. The van der Waals surface area contributed by atoms with Gasteiger partial charge < -0.3 is 20.1 Å². The molecule has 0 aromatic heterocycles. The van der Waals surface area contributed by atoms with Crippen molar-refractivity contribution in [1.29, 1.82) is 0 Å². The number of carbonyl (C=O) groups is 3. The van der Waals surface area contributed by atoms with Gasteiger partial charge in [0.05, 0.1) is 18.4 Å². The van der Waals surface area contributed by atoms with Gasteiger partial charge in [0, 0.05) is 12.6 Å². The molecule has 0 unspecified atom stereocenters. The Morgan fingerprint density at radius 1 is 1.08 bits per heavy atom. The minimum atomic E-state index is -0.821. The molecule has 0 aliphatic heterocycles. The summed E-state index contributed by atoms with van der Waals surface area (Å²) < 4.78 is 23.1. The lowest BCUT2D eigenvalue weighted by Gasteiger charge is -2.12. The average molecular weight is 360 g/mol. The summed E-state index contributed by atoms with van der Waals surface area (Å²) in [5, 5.41) is 5.11. The average Bonchev–Trinajstić information content (AvgIpc) is 2.59. The quantitative estimate of drug-likeness (QED) is 0.773. The Morgan fingerprint density at radius 3 is 2.50 bits per heavy atom. The van der Waals surface area contributed by atoms with Crippen LogP contribution in [0.3, 0.4) is 0 Å². The molecule has 0 fully saturated rings. The first-order chi connectivity index (χ1) is 12.4. The third-order valence-corrected chi connectivity index (χ3v) is 3.19. The lowest BCUT2D eigenvalue weighted by molar-refractivity contribution is -0.119. The highest BCUT2D eigenvalue weighted by molar-refractivity contribution is 5.97. The molecule has 136 valence electrons. The van der Waals surface area contributed by atoms with Gasteiger partial charge in [0.25, 0.3) is 5.91 Å². The number of carbonyl (C=O) groups excluding carboxylic acids is 3. The van der Waals surface area contributed by atoms with Crippen LogP contribution in [0.25, 0.3) is 0 Å². The topological polar surface area (TPSA) is 93.7 Å². The number of amides is 2. The van der Waals surface area contributed by atoms with Gasteiger partial charge in [-0.3, -0.25) is 9.59 Å². The zero-order valence-corrected chi connectivity index (χ0v) is 14.2. The molecular weight excluding hydrogens is 343 g/mol. The number of benzene rings is 2. The second kappa shape index (κ2) is 8.61. The Labute approximate surface area is 149 Å². The largest absolute Gasteiger partial charge is 0.495 e. The maximum absolute atomic E-state index is 13.1. The van der Waals surface area contributed by atoms with E-state index >= 15 is 0 Å². The third kappa shape index (κ3) is 5.30. The molecule has 7 nitrogen and oxygen atoms in total. The van der Waals surface area contributed by atoms with E-state index in [0.29, 0.717) is 17.1 Å². The van der Waals surface area contributed by atoms with E-state index in [0.717, 1.165) is 6.07 Å². The summed E-state index contributed by atoms with van der Waals surface area (Å²) in [5.74, 6) is -1.92. The Hall–Kier alpha value is -3.42. The molecule has 0 radical (unpaired) electrons. The van der Waals surface area contributed by atoms with Crippen molar-refractivity contribution in [1.82, 2.24) is 0 Å². The summed E-state index contributed by atoms with van der Waals surface area (Å²) in [6.45, 7) is 0.789. The lowest BCUT2D eigenvalue weighted by atomic mass is 10.2. The molecule has 0 bridgehead atoms. The van der Waals surface area contributed by atoms with Crippen molar-refractivity contribution in [3.05, 3.63) is 53.8 Å². The van der Waals surface area contributed by atoms with Crippen LogP contribution in [-0.2, 0) is 14.3 Å². The SMILES string of the molecule is COc1ccc(NC(C)=O)cc1NC(=O)COC(=O)c1cccc(F)c1. The van der Waals surface area contributed by atoms with E-state index in [2.05, 4.69) is 10.6 Å². The zero-order chi connectivity index (χ0) is 19.1. The van der Waals surface area contributed by atoms with Crippen LogP contribution in [0.5, 0.6) is 5.75 Å². The van der Waals surface area contributed by atoms with E-state index in [4.69, 9.17) is 9.47 Å². The molecule has 2 aromatic rings. The molecule has 8 heteroatoms. The van der Waals surface area contributed by atoms with Crippen molar-refractivity contribution in [2.45, 2.75) is 6.92 Å². The third-order valence-electron chi connectivity index (χ3n) is 3.19. The number of hydrogen-bond acceptors (Lipinski definition) is 5. The van der Waals surface area contributed by atoms with Crippen LogP contribution in [0.1, 0.15) is 17.3 Å². The molecule has 2 amide bonds. The highest BCUT2D eigenvalue weighted by atomic mass is 19.1. The molecule has 2 N–H and O–H groups in total. The first kappa shape index (κ1) is 18.9. The number of hydrogen-bond donors (Lipinski definition) is 2. The van der Waals surface area contributed by atoms with E-state index < -0.39 is 24.3 Å². The Morgan fingerprint density at radius 2 is 1.85 bits per heavy atom. The van der Waals surface area contributed by atoms with Crippen LogP contribution in [0, 0.1) is 5.82 Å². The van der Waals surface area contributed by atoms with Crippen molar-refractivity contribution >= 4 is 29.2 Å². The fraction of sp³-hybridized carbons (Fsp3) is 0.167. The molecule has 0 atom stereocenters. The number of ether oxygens (including phenoxy) is 2. The van der Waals surface area contributed by atoms with Crippen molar-refractivity contribution in [3.63, 3.8) is 0 Å². The molecular formula is C18H17FN2O5. The van der Waals surface area contributed by atoms with Crippen molar-refractivity contribution < 1.29 is 28.2 Å². The Kier molecular flexibility index (Phi) is 6.26. The standard InChI is InChI=1S/C18H17FN2O5/c1-11(22)20-14-6-7-16(25-2)15(9-14)21-17(23)10-26-18(24)12-4-3-5-13(19)8-12/h3-9H,10H2,1-2H3,(H,20,22)(H,21,23).